The summed E-state index contributed by atoms with van der Waals surface area (Å²) < 4.78 is 0. The molecule has 0 atom stereocenters. The number of phenols is 1. The smallest absolute Gasteiger partial charge is 0.257 e. The number of amides is 1. The molecule has 0 aromatic heterocycles. The fourth-order valence-electron chi connectivity index (χ4n) is 2.32. The summed E-state index contributed by atoms with van der Waals surface area (Å²) in [5, 5.41) is 16.4. The molecule has 0 aliphatic rings. The molecule has 0 spiro atoms. The van der Waals surface area contributed by atoms with Gasteiger partial charge in [-0.15, -0.1) is 0 Å². The highest BCUT2D eigenvalue weighted by Gasteiger charge is 2.36. The van der Waals surface area contributed by atoms with Crippen LogP contribution in [-0.2, 0) is 0 Å². The maximum atomic E-state index is 12.2. The second kappa shape index (κ2) is 6.72. The Kier molecular flexibility index (Phi) is 5.10. The van der Waals surface area contributed by atoms with E-state index in [1.54, 1.807) is 20.2 Å². The number of aromatic hydroxyl groups is 1. The molecule has 27 heavy (non-hydrogen) atoms. The summed E-state index contributed by atoms with van der Waals surface area (Å²) in [6.07, 6.45) is 0. The molecule has 1 amide bonds. The lowest BCUT2D eigenvalue weighted by molar-refractivity contribution is 0.0824. The molecular formula is C20H27N3O4. The van der Waals surface area contributed by atoms with Gasteiger partial charge in [0.15, 0.2) is 5.75 Å². The summed E-state index contributed by atoms with van der Waals surface area (Å²) in [6, 6.07) is 4.63. The van der Waals surface area contributed by atoms with Crippen molar-refractivity contribution in [1.29, 1.82) is 0 Å². The van der Waals surface area contributed by atoms with Gasteiger partial charge in [-0.2, -0.15) is 0 Å². The number of carbonyl (C=O) groups is 1. The Hall–Kier alpha value is -2.83. The fourth-order valence-corrected chi connectivity index (χ4v) is 2.32. The van der Waals surface area contributed by atoms with Crippen LogP contribution in [0.25, 0.3) is 0 Å². The first-order valence-electron chi connectivity index (χ1n) is 8.70. The molecule has 0 aliphatic carbocycles. The first-order valence-corrected chi connectivity index (χ1v) is 8.70. The molecule has 0 aliphatic heterocycles. The van der Waals surface area contributed by atoms with Gasteiger partial charge in [0.2, 0.25) is 0 Å². The van der Waals surface area contributed by atoms with E-state index in [0.29, 0.717) is 0 Å². The van der Waals surface area contributed by atoms with E-state index in [1.165, 1.54) is 17.0 Å². The van der Waals surface area contributed by atoms with Crippen LogP contribution in [0.2, 0.25) is 0 Å². The van der Waals surface area contributed by atoms with Crippen molar-refractivity contribution in [1.82, 2.24) is 4.90 Å². The Bertz CT molecular complexity index is 945. The third-order valence-corrected chi connectivity index (χ3v) is 5.16. The number of phenolic OH excluding ortho intramolecular Hbond substituents is 1. The molecule has 2 aromatic carbocycles. The molecule has 0 radical (unpaired) electrons. The van der Waals surface area contributed by atoms with E-state index in [2.05, 4.69) is 10.6 Å². The number of anilines is 3. The number of carbonyl (C=O) groups excluding carboxylic acids is 1. The van der Waals surface area contributed by atoms with Gasteiger partial charge in [-0.25, -0.2) is 0 Å². The van der Waals surface area contributed by atoms with Crippen molar-refractivity contribution in [2.75, 3.05) is 24.7 Å². The van der Waals surface area contributed by atoms with E-state index < -0.39 is 16.4 Å². The van der Waals surface area contributed by atoms with Gasteiger partial charge in [-0.05, 0) is 31.4 Å². The minimum absolute atomic E-state index is 0.0853. The van der Waals surface area contributed by atoms with Crippen LogP contribution < -0.4 is 21.5 Å². The molecule has 146 valence electrons. The van der Waals surface area contributed by atoms with Crippen molar-refractivity contribution in [2.24, 2.45) is 5.41 Å². The quantitative estimate of drug-likeness (QED) is 0.550. The van der Waals surface area contributed by atoms with Crippen LogP contribution in [-0.4, -0.2) is 35.5 Å². The van der Waals surface area contributed by atoms with Crippen molar-refractivity contribution in [3.8, 4) is 5.75 Å². The molecule has 2 rings (SSSR count). The van der Waals surface area contributed by atoms with Gasteiger partial charge in [0.1, 0.15) is 11.4 Å². The molecule has 2 aromatic rings. The Labute approximate surface area is 158 Å². The average Bonchev–Trinajstić information content (AvgIpc) is 2.57. The van der Waals surface area contributed by atoms with Crippen LogP contribution >= 0.6 is 0 Å². The van der Waals surface area contributed by atoms with E-state index in [0.717, 1.165) is 0 Å². The highest BCUT2D eigenvalue weighted by Crippen LogP contribution is 2.36. The first kappa shape index (κ1) is 20.5. The van der Waals surface area contributed by atoms with E-state index in [4.69, 9.17) is 0 Å². The predicted octanol–water partition coefficient (Wildman–Crippen LogP) is 2.67. The van der Waals surface area contributed by atoms with E-state index in [1.807, 2.05) is 34.6 Å². The highest BCUT2D eigenvalue weighted by molar-refractivity contribution is 5.99. The fraction of sp³-hybridized carbons (Fsp3) is 0.450. The Morgan fingerprint density at radius 2 is 1.56 bits per heavy atom. The van der Waals surface area contributed by atoms with Crippen LogP contribution in [0, 0.1) is 5.41 Å². The number of hydrogen-bond donors (Lipinski definition) is 3. The summed E-state index contributed by atoms with van der Waals surface area (Å²) in [5.74, 6) is -0.640. The Balaban J connectivity index is 2.40. The van der Waals surface area contributed by atoms with Gasteiger partial charge in [0, 0.05) is 19.6 Å². The van der Waals surface area contributed by atoms with Crippen LogP contribution in [0.4, 0.5) is 17.1 Å². The van der Waals surface area contributed by atoms with Crippen molar-refractivity contribution >= 4 is 23.0 Å². The van der Waals surface area contributed by atoms with Gasteiger partial charge in [0.25, 0.3) is 16.8 Å². The molecule has 0 heterocycles. The number of nitrogens with zero attached hydrogens (tertiary/aromatic N) is 1. The van der Waals surface area contributed by atoms with E-state index in [-0.39, 0.29) is 39.7 Å². The second-order valence-corrected chi connectivity index (χ2v) is 8.43. The zero-order valence-electron chi connectivity index (χ0n) is 16.9. The molecule has 7 heteroatoms. The monoisotopic (exact) mass is 373 g/mol. The lowest BCUT2D eigenvalue weighted by Gasteiger charge is -2.41. The summed E-state index contributed by atoms with van der Waals surface area (Å²) >= 11 is 0. The zero-order chi connectivity index (χ0) is 20.7. The predicted molar refractivity (Wildman–Crippen MR) is 108 cm³/mol. The molecule has 3 N–H and O–H groups in total. The van der Waals surface area contributed by atoms with Crippen LogP contribution in [0.5, 0.6) is 5.75 Å². The summed E-state index contributed by atoms with van der Waals surface area (Å²) in [6.45, 7) is 9.98. The summed E-state index contributed by atoms with van der Waals surface area (Å²) in [5.41, 5.74) is -1.34. The second-order valence-electron chi connectivity index (χ2n) is 8.43. The lowest BCUT2D eigenvalue weighted by atomic mass is 9.76. The van der Waals surface area contributed by atoms with E-state index >= 15 is 0 Å². The van der Waals surface area contributed by atoms with Crippen LogP contribution in [0.3, 0.4) is 0 Å². The molecule has 0 unspecified atom stereocenters. The van der Waals surface area contributed by atoms with Crippen LogP contribution in [0.15, 0.2) is 27.8 Å². The number of para-hydroxylation sites is 1. The molecule has 0 saturated heterocycles. The number of benzene rings is 1. The summed E-state index contributed by atoms with van der Waals surface area (Å²) in [4.78, 5) is 37.7. The maximum Gasteiger partial charge on any atom is 0.257 e. The Morgan fingerprint density at radius 1 is 1.00 bits per heavy atom. The maximum absolute atomic E-state index is 12.2. The zero-order valence-corrected chi connectivity index (χ0v) is 16.9. The first-order chi connectivity index (χ1) is 12.3. The molecule has 7 nitrogen and oxygen atoms in total. The Morgan fingerprint density at radius 3 is 2.07 bits per heavy atom. The van der Waals surface area contributed by atoms with Crippen molar-refractivity contribution in [3.63, 3.8) is 0 Å². The molecule has 0 saturated carbocycles. The van der Waals surface area contributed by atoms with Gasteiger partial charge < -0.3 is 20.6 Å². The largest absolute Gasteiger partial charge is 0.505 e. The minimum Gasteiger partial charge on any atom is -0.505 e. The number of nitrogens with one attached hydrogen (secondary N) is 2. The SMILES string of the molecule is CN(C)C(=O)c1cccc(Nc2c(NC(C)(C)C(C)(C)C)c(=O)c2=O)c1O. The third kappa shape index (κ3) is 3.67. The molecular weight excluding hydrogens is 346 g/mol. The topological polar surface area (TPSA) is 98.7 Å². The van der Waals surface area contributed by atoms with Crippen molar-refractivity contribution < 1.29 is 9.90 Å². The van der Waals surface area contributed by atoms with E-state index in [9.17, 15) is 19.5 Å². The molecule has 0 fully saturated rings. The van der Waals surface area contributed by atoms with Crippen molar-refractivity contribution in [3.05, 3.63) is 44.2 Å². The van der Waals surface area contributed by atoms with Gasteiger partial charge in [0.05, 0.1) is 11.3 Å². The standard InChI is InChI=1S/C20H27N3O4/c1-19(2,3)20(4,5)22-14-13(16(25)17(14)26)21-12-10-8-9-11(15(12)24)18(27)23(6)7/h8-10,21-22,24H,1-7H3. The minimum atomic E-state index is -0.661. The highest BCUT2D eigenvalue weighted by atomic mass is 16.3. The lowest BCUT2D eigenvalue weighted by Crippen LogP contribution is -2.48. The van der Waals surface area contributed by atoms with Gasteiger partial charge in [-0.3, -0.25) is 14.4 Å². The normalized spacial score (nSPS) is 12.1. The van der Waals surface area contributed by atoms with Crippen LogP contribution in [0.1, 0.15) is 45.0 Å². The van der Waals surface area contributed by atoms with Gasteiger partial charge in [-0.1, -0.05) is 26.8 Å². The number of rotatable bonds is 5. The van der Waals surface area contributed by atoms with Gasteiger partial charge >= 0.3 is 0 Å². The average molecular weight is 373 g/mol. The molecule has 0 bridgehead atoms. The third-order valence-electron chi connectivity index (χ3n) is 5.16. The van der Waals surface area contributed by atoms with Crippen molar-refractivity contribution in [2.45, 2.75) is 40.2 Å². The number of hydrogen-bond acceptors (Lipinski definition) is 6. The summed E-state index contributed by atoms with van der Waals surface area (Å²) in [7, 11) is 3.16.